The molecule has 31 heteroatoms. The van der Waals surface area contributed by atoms with Crippen LogP contribution in [0.25, 0.3) is 11.4 Å². The first-order valence-electron chi connectivity index (χ1n) is 32.0. The molecule has 0 aliphatic heterocycles. The number of halogens is 4. The van der Waals surface area contributed by atoms with Crippen molar-refractivity contribution in [1.82, 2.24) is 44.5 Å². The van der Waals surface area contributed by atoms with Crippen LogP contribution in [-0.2, 0) is 65.2 Å². The fourth-order valence-electron chi connectivity index (χ4n) is 8.41. The van der Waals surface area contributed by atoms with Gasteiger partial charge in [-0.2, -0.15) is 10.2 Å². The maximum atomic E-state index is 12.7. The largest absolute Gasteiger partial charge is 0.397 e. The smallest absolute Gasteiger partial charge is 0.287 e. The monoisotopic (exact) mass is 1480 g/mol. The van der Waals surface area contributed by atoms with Gasteiger partial charge in [-0.3, -0.25) is 29.8 Å². The zero-order chi connectivity index (χ0) is 74.3. The number of nitrogen functional groups attached to an aromatic ring is 1. The van der Waals surface area contributed by atoms with Crippen molar-refractivity contribution in [2.24, 2.45) is 5.73 Å². The summed E-state index contributed by atoms with van der Waals surface area (Å²) in [5.41, 5.74) is 19.5. The summed E-state index contributed by atoms with van der Waals surface area (Å²) < 4.78 is 23.4. The Labute approximate surface area is 616 Å². The van der Waals surface area contributed by atoms with E-state index in [0.29, 0.717) is 93.3 Å². The molecule has 0 aliphatic rings. The summed E-state index contributed by atoms with van der Waals surface area (Å²) in [6.07, 6.45) is 9.28. The first-order chi connectivity index (χ1) is 48.2. The predicted molar refractivity (Wildman–Crippen MR) is 406 cm³/mol. The van der Waals surface area contributed by atoms with Gasteiger partial charge < -0.3 is 51.7 Å². The predicted octanol–water partition coefficient (Wildman–Crippen LogP) is 13.4. The topological polar surface area (TPSA) is 358 Å². The first-order valence-corrected chi connectivity index (χ1v) is 33.1. The van der Waals surface area contributed by atoms with Gasteiger partial charge in [0.1, 0.15) is 52.4 Å². The fraction of sp³-hybridized carbons (Fsp3) is 0.366. The average Bonchev–Trinajstić information content (AvgIpc) is 1.67. The number of ketones is 2. The van der Waals surface area contributed by atoms with Crippen molar-refractivity contribution in [2.75, 3.05) is 108 Å². The SMILES string of the molecule is CC(C)(C)c1cc(CN)n(-c2cccc(Cl)c2)n1.COCCNc1ccc(CC(=O)CCc2cc(C(C)(C)C)nn2-c2cccc(Cl)c2)cn1.COCCNc1ccc(CC(C)=O)cn1.COCCNc1ccc(N)cn1.COCCNc1ccc([N+](=O)[O-])cn1.Cl.O=[N+]([O-])c1ccc(Cl)nc1. The van der Waals surface area contributed by atoms with E-state index in [1.54, 1.807) is 60.0 Å². The Kier molecular flexibility index (Phi) is 39.4. The van der Waals surface area contributed by atoms with E-state index in [0.717, 1.165) is 82.0 Å². The van der Waals surface area contributed by atoms with Crippen LogP contribution in [0.1, 0.15) is 88.8 Å². The lowest BCUT2D eigenvalue weighted by molar-refractivity contribution is -0.385. The summed E-state index contributed by atoms with van der Waals surface area (Å²) in [7, 11) is 6.59. The van der Waals surface area contributed by atoms with E-state index in [1.165, 1.54) is 24.4 Å². The molecule has 0 bridgehead atoms. The zero-order valence-corrected chi connectivity index (χ0v) is 62.4. The van der Waals surface area contributed by atoms with Crippen LogP contribution >= 0.6 is 47.2 Å². The molecule has 0 aliphatic carbocycles. The number of rotatable bonds is 28. The molecule has 9 rings (SSSR count). The molecule has 0 spiro atoms. The van der Waals surface area contributed by atoms with Crippen LogP contribution in [0.3, 0.4) is 0 Å². The third-order valence-electron chi connectivity index (χ3n) is 13.7. The van der Waals surface area contributed by atoms with Gasteiger partial charge in [0, 0.05) is 132 Å². The molecule has 9 aromatic rings. The van der Waals surface area contributed by atoms with Crippen molar-refractivity contribution in [3.63, 3.8) is 0 Å². The van der Waals surface area contributed by atoms with Crippen LogP contribution in [-0.4, -0.2) is 147 Å². The minimum Gasteiger partial charge on any atom is -0.397 e. The van der Waals surface area contributed by atoms with Crippen molar-refractivity contribution < 1.29 is 38.4 Å². The first kappa shape index (κ1) is 86.9. The number of Topliss-reactive ketones (excluding diaryl/α,β-unsaturated/α-hetero) is 2. The van der Waals surface area contributed by atoms with Crippen LogP contribution in [0.4, 0.5) is 40.3 Å². The quantitative estimate of drug-likeness (QED) is 0.0115. The van der Waals surface area contributed by atoms with Gasteiger partial charge in [0.15, 0.2) is 0 Å². The van der Waals surface area contributed by atoms with Crippen LogP contribution in [0.5, 0.6) is 0 Å². The number of anilines is 5. The third kappa shape index (κ3) is 33.5. The van der Waals surface area contributed by atoms with Crippen LogP contribution < -0.4 is 32.7 Å². The third-order valence-corrected chi connectivity index (χ3v) is 14.4. The number of hydrogen-bond donors (Lipinski definition) is 6. The summed E-state index contributed by atoms with van der Waals surface area (Å²) in [5.74, 6) is 3.33. The highest BCUT2D eigenvalue weighted by Gasteiger charge is 2.22. The van der Waals surface area contributed by atoms with Gasteiger partial charge in [-0.1, -0.05) is 101 Å². The zero-order valence-electron chi connectivity index (χ0n) is 59.3. The van der Waals surface area contributed by atoms with Gasteiger partial charge in [0.2, 0.25) is 0 Å². The Bertz CT molecular complexity index is 3920. The normalized spacial score (nSPS) is 10.6. The number of pyridine rings is 5. The number of ether oxygens (including phenoxy) is 4. The lowest BCUT2D eigenvalue weighted by atomic mass is 9.92. The van der Waals surface area contributed by atoms with Crippen LogP contribution in [0.15, 0.2) is 152 Å². The number of nitrogens with zero attached hydrogens (tertiary/aromatic N) is 11. The lowest BCUT2D eigenvalue weighted by Crippen LogP contribution is -2.12. The standard InChI is InChI=1S/C25H31ClN4O2.C14H18ClN3.C11H16N2O2.C8H11N3O3.C8H13N3O.C5H3ClN2O2.ClH/c1-25(2,3)23-16-21(30(29-23)20-7-5-6-19(26)15-20)9-10-22(31)14-18-8-11-24(28-17-18)27-12-13-32-4;1-14(2,3)13-8-12(9-16)18(17-13)11-6-4-5-10(15)7-11;1-9(14)7-10-3-4-11(13-8-10)12-5-6-15-2;1-14-5-4-9-8-3-2-7(6-10-8)11(12)13;1-12-5-4-10-8-3-2-7(9)6-11-8;6-5-2-1-4(3-7-5)8(9)10;/h5-8,11,15-17H,9-10,12-14H2,1-4H3,(H,27,28);4-8H,9,16H2,1-3H3;3-4,8H,5-7H2,1-2H3,(H,12,13);2-3,6H,4-5H2,1H3,(H,9,10);2-3,6H,4-5,9H2,1H3,(H,10,11);1-3H;1H. The molecule has 27 nitrogen and oxygen atoms in total. The van der Waals surface area contributed by atoms with Crippen LogP contribution in [0, 0.1) is 20.2 Å². The number of carbonyl (C=O) groups excluding carboxylic acids is 2. The van der Waals surface area contributed by atoms with E-state index in [-0.39, 0.29) is 51.3 Å². The maximum Gasteiger partial charge on any atom is 0.287 e. The van der Waals surface area contributed by atoms with Crippen molar-refractivity contribution in [1.29, 1.82) is 0 Å². The molecule has 0 saturated carbocycles. The minimum absolute atomic E-state index is 0. The molecule has 0 fully saturated rings. The number of nitro groups is 2. The Balaban J connectivity index is 0.000000334. The molecule has 2 aromatic carbocycles. The number of benzene rings is 2. The molecule has 102 heavy (non-hydrogen) atoms. The Hall–Kier alpha value is -9.29. The number of carbonyl (C=O) groups is 2. The van der Waals surface area contributed by atoms with Crippen molar-refractivity contribution >= 4 is 99.1 Å². The molecule has 0 amide bonds. The highest BCUT2D eigenvalue weighted by atomic mass is 35.5. The number of methoxy groups -OCH3 is 4. The van der Waals surface area contributed by atoms with Gasteiger partial charge >= 0.3 is 0 Å². The summed E-state index contributed by atoms with van der Waals surface area (Å²) in [6.45, 7) is 20.2. The number of hydrogen-bond acceptors (Lipinski definition) is 23. The van der Waals surface area contributed by atoms with Gasteiger partial charge in [-0.05, 0) is 109 Å². The van der Waals surface area contributed by atoms with Crippen LogP contribution in [0.2, 0.25) is 15.2 Å². The molecular formula is C71H93Cl4N17O10. The van der Waals surface area contributed by atoms with Gasteiger partial charge in [-0.25, -0.2) is 34.3 Å². The van der Waals surface area contributed by atoms with E-state index < -0.39 is 9.85 Å². The van der Waals surface area contributed by atoms with Gasteiger partial charge in [0.25, 0.3) is 11.4 Å². The Morgan fingerprint density at radius 3 is 1.25 bits per heavy atom. The second-order valence-corrected chi connectivity index (χ2v) is 25.4. The highest BCUT2D eigenvalue weighted by molar-refractivity contribution is 6.31. The highest BCUT2D eigenvalue weighted by Crippen LogP contribution is 2.27. The fourth-order valence-corrected chi connectivity index (χ4v) is 8.89. The van der Waals surface area contributed by atoms with Crippen molar-refractivity contribution in [3.8, 4) is 11.4 Å². The molecule has 7 heterocycles. The number of aromatic nitrogens is 9. The Morgan fingerprint density at radius 1 is 0.520 bits per heavy atom. The Morgan fingerprint density at radius 2 is 0.912 bits per heavy atom. The van der Waals surface area contributed by atoms with Gasteiger partial charge in [-0.15, -0.1) is 12.4 Å². The number of nitrogens with two attached hydrogens (primary N) is 2. The molecule has 550 valence electrons. The summed E-state index contributed by atoms with van der Waals surface area (Å²) >= 11 is 17.6. The second kappa shape index (κ2) is 46.3. The molecule has 0 saturated heterocycles. The van der Waals surface area contributed by atoms with E-state index in [2.05, 4.69) is 105 Å². The molecule has 7 aromatic heterocycles. The minimum atomic E-state index is -0.524. The van der Waals surface area contributed by atoms with E-state index in [4.69, 9.17) is 70.3 Å². The average molecular weight is 1490 g/mol. The molecular weight excluding hydrogens is 1390 g/mol. The maximum absolute atomic E-state index is 12.7. The van der Waals surface area contributed by atoms with Crippen molar-refractivity contribution in [2.45, 2.75) is 91.5 Å². The molecule has 0 unspecified atom stereocenters. The number of nitrogens with one attached hydrogen (secondary N) is 4. The van der Waals surface area contributed by atoms with Crippen molar-refractivity contribution in [3.05, 3.63) is 222 Å². The number of aryl methyl sites for hydroxylation is 1. The second-order valence-electron chi connectivity index (χ2n) is 24.1. The van der Waals surface area contributed by atoms with Gasteiger partial charge in [0.05, 0.1) is 76.6 Å². The molecule has 8 N–H and O–H groups in total. The molecule has 0 atom stereocenters. The molecule has 0 radical (unpaired) electrons. The lowest BCUT2D eigenvalue weighted by Gasteiger charge is -2.14. The summed E-state index contributed by atoms with van der Waals surface area (Å²) in [4.78, 5) is 62.9. The van der Waals surface area contributed by atoms with E-state index in [9.17, 15) is 29.8 Å². The van der Waals surface area contributed by atoms with E-state index >= 15 is 0 Å². The summed E-state index contributed by atoms with van der Waals surface area (Å²) in [6, 6.07) is 36.3. The summed E-state index contributed by atoms with van der Waals surface area (Å²) in [5, 5.41) is 43.7. The van der Waals surface area contributed by atoms with E-state index in [1.807, 2.05) is 94.3 Å².